The van der Waals surface area contributed by atoms with Crippen LogP contribution in [0.3, 0.4) is 0 Å². The Morgan fingerprint density at radius 3 is 2.71 bits per heavy atom. The minimum absolute atomic E-state index is 0.183. The van der Waals surface area contributed by atoms with Crippen molar-refractivity contribution in [3.8, 4) is 11.1 Å². The Morgan fingerprint density at radius 1 is 1.19 bits per heavy atom. The summed E-state index contributed by atoms with van der Waals surface area (Å²) in [6, 6.07) is 3.93. The van der Waals surface area contributed by atoms with Crippen molar-refractivity contribution in [3.05, 3.63) is 42.4 Å². The third-order valence-corrected chi connectivity index (χ3v) is 6.21. The van der Waals surface area contributed by atoms with Crippen molar-refractivity contribution < 1.29 is 8.78 Å². The van der Waals surface area contributed by atoms with Gasteiger partial charge < -0.3 is 16.0 Å². The molecular weight excluding hydrogens is 402 g/mol. The average Bonchev–Trinajstić information content (AvgIpc) is 3.30. The number of nitrogens with zero attached hydrogens (tertiary/aromatic N) is 6. The quantitative estimate of drug-likeness (QED) is 0.519. The molecule has 31 heavy (non-hydrogen) atoms. The first-order valence-electron chi connectivity index (χ1n) is 10.3. The van der Waals surface area contributed by atoms with Crippen molar-refractivity contribution in [3.63, 3.8) is 0 Å². The van der Waals surface area contributed by atoms with Crippen LogP contribution in [0, 0.1) is 6.92 Å². The van der Waals surface area contributed by atoms with Crippen LogP contribution in [0.2, 0.25) is 0 Å². The molecule has 4 aromatic rings. The Kier molecular flexibility index (Phi) is 4.71. The van der Waals surface area contributed by atoms with Crippen LogP contribution in [-0.4, -0.2) is 41.6 Å². The van der Waals surface area contributed by atoms with Gasteiger partial charge in [-0.05, 0) is 44.7 Å². The zero-order valence-corrected chi connectivity index (χ0v) is 17.2. The molecule has 1 aliphatic rings. The lowest BCUT2D eigenvalue weighted by molar-refractivity contribution is 0.127. The number of alkyl halides is 2. The molecule has 0 aromatic carbocycles. The minimum Gasteiger partial charge on any atom is -0.328 e. The molecule has 10 heteroatoms. The highest BCUT2D eigenvalue weighted by molar-refractivity contribution is 5.85. The molecule has 4 N–H and O–H groups in total. The van der Waals surface area contributed by atoms with Crippen LogP contribution in [0.15, 0.2) is 30.7 Å². The van der Waals surface area contributed by atoms with Gasteiger partial charge in [0, 0.05) is 29.6 Å². The molecule has 4 heterocycles. The van der Waals surface area contributed by atoms with Gasteiger partial charge in [-0.25, -0.2) is 28.2 Å². The fourth-order valence-electron chi connectivity index (χ4n) is 4.39. The molecule has 0 bridgehead atoms. The second kappa shape index (κ2) is 7.31. The monoisotopic (exact) mass is 426 g/mol. The van der Waals surface area contributed by atoms with Gasteiger partial charge in [0.1, 0.15) is 5.82 Å². The van der Waals surface area contributed by atoms with Crippen molar-refractivity contribution in [2.24, 2.45) is 11.5 Å². The van der Waals surface area contributed by atoms with Gasteiger partial charge in [0.25, 0.3) is 6.43 Å². The van der Waals surface area contributed by atoms with Gasteiger partial charge in [-0.2, -0.15) is 5.10 Å². The van der Waals surface area contributed by atoms with E-state index in [2.05, 4.69) is 20.1 Å². The Morgan fingerprint density at radius 2 is 1.97 bits per heavy atom. The van der Waals surface area contributed by atoms with Crippen LogP contribution in [-0.2, 0) is 12.1 Å². The van der Waals surface area contributed by atoms with E-state index in [0.29, 0.717) is 22.8 Å². The largest absolute Gasteiger partial charge is 0.328 e. The van der Waals surface area contributed by atoms with Crippen LogP contribution < -0.4 is 11.5 Å². The van der Waals surface area contributed by atoms with Crippen molar-refractivity contribution in [2.75, 3.05) is 0 Å². The topological polar surface area (TPSA) is 113 Å². The molecule has 0 aliphatic heterocycles. The first-order chi connectivity index (χ1) is 14.8. The maximum atomic E-state index is 13.0. The third kappa shape index (κ3) is 3.45. The highest BCUT2D eigenvalue weighted by atomic mass is 19.3. The number of pyridine rings is 1. The Hall–Kier alpha value is -2.98. The molecule has 0 atom stereocenters. The lowest BCUT2D eigenvalue weighted by Gasteiger charge is -2.34. The van der Waals surface area contributed by atoms with Crippen molar-refractivity contribution in [1.29, 1.82) is 0 Å². The number of aryl methyl sites for hydroxylation is 1. The SMILES string of the molecule is Cc1nc2ncc(-c3ccn4nc(C5(N)CCC(N)CC5)ncc34)cc2n1CC(F)F. The van der Waals surface area contributed by atoms with Gasteiger partial charge in [-0.15, -0.1) is 0 Å². The molecule has 0 saturated heterocycles. The predicted octanol–water partition coefficient (Wildman–Crippen LogP) is 2.77. The molecule has 0 unspecified atom stereocenters. The van der Waals surface area contributed by atoms with E-state index in [4.69, 9.17) is 11.5 Å². The first-order valence-corrected chi connectivity index (χ1v) is 10.3. The summed E-state index contributed by atoms with van der Waals surface area (Å²) in [5.74, 6) is 1.11. The Bertz CT molecular complexity index is 1250. The van der Waals surface area contributed by atoms with E-state index >= 15 is 0 Å². The number of rotatable bonds is 4. The summed E-state index contributed by atoms with van der Waals surface area (Å²) in [5, 5.41) is 4.67. The number of fused-ring (bicyclic) bond motifs is 2. The average molecular weight is 426 g/mol. The van der Waals surface area contributed by atoms with E-state index in [1.54, 1.807) is 23.8 Å². The normalized spacial score (nSPS) is 22.1. The molecule has 1 aliphatic carbocycles. The summed E-state index contributed by atoms with van der Waals surface area (Å²) in [6.07, 6.45) is 6.03. The van der Waals surface area contributed by atoms with Gasteiger partial charge in [-0.3, -0.25) is 0 Å². The van der Waals surface area contributed by atoms with Crippen LogP contribution >= 0.6 is 0 Å². The summed E-state index contributed by atoms with van der Waals surface area (Å²) in [5.41, 5.74) is 15.5. The van der Waals surface area contributed by atoms with Gasteiger partial charge in [0.2, 0.25) is 0 Å². The van der Waals surface area contributed by atoms with E-state index in [-0.39, 0.29) is 6.04 Å². The van der Waals surface area contributed by atoms with Gasteiger partial charge >= 0.3 is 0 Å². The summed E-state index contributed by atoms with van der Waals surface area (Å²) in [4.78, 5) is 13.3. The fraction of sp³-hybridized carbons (Fsp3) is 0.429. The zero-order valence-electron chi connectivity index (χ0n) is 17.2. The summed E-state index contributed by atoms with van der Waals surface area (Å²) < 4.78 is 29.3. The minimum atomic E-state index is -2.47. The molecule has 0 amide bonds. The highest BCUT2D eigenvalue weighted by Gasteiger charge is 2.35. The Labute approximate surface area is 177 Å². The smallest absolute Gasteiger partial charge is 0.256 e. The van der Waals surface area contributed by atoms with Crippen LogP contribution in [0.5, 0.6) is 0 Å². The van der Waals surface area contributed by atoms with E-state index in [1.807, 2.05) is 18.3 Å². The van der Waals surface area contributed by atoms with Gasteiger partial charge in [0.05, 0.1) is 29.3 Å². The van der Waals surface area contributed by atoms with Gasteiger partial charge in [-0.1, -0.05) is 0 Å². The second-order valence-corrected chi connectivity index (χ2v) is 8.36. The number of imidazole rings is 1. The molecule has 1 saturated carbocycles. The summed E-state index contributed by atoms with van der Waals surface area (Å²) in [6.45, 7) is 1.28. The third-order valence-electron chi connectivity index (χ3n) is 6.21. The van der Waals surface area contributed by atoms with E-state index in [1.165, 1.54) is 4.57 Å². The predicted molar refractivity (Wildman–Crippen MR) is 113 cm³/mol. The molecule has 5 rings (SSSR count). The molecule has 0 spiro atoms. The number of hydrogen-bond acceptors (Lipinski definition) is 6. The van der Waals surface area contributed by atoms with Crippen molar-refractivity contribution in [1.82, 2.24) is 29.1 Å². The maximum absolute atomic E-state index is 13.0. The second-order valence-electron chi connectivity index (χ2n) is 8.36. The number of aromatic nitrogens is 6. The fourth-order valence-corrected chi connectivity index (χ4v) is 4.39. The van der Waals surface area contributed by atoms with E-state index in [0.717, 1.165) is 42.3 Å². The number of nitrogens with two attached hydrogens (primary N) is 2. The number of halogens is 2. The molecule has 0 radical (unpaired) electrons. The zero-order chi connectivity index (χ0) is 21.8. The van der Waals surface area contributed by atoms with Crippen LogP contribution in [0.25, 0.3) is 27.8 Å². The maximum Gasteiger partial charge on any atom is 0.256 e. The van der Waals surface area contributed by atoms with Crippen LogP contribution in [0.1, 0.15) is 37.3 Å². The molecular formula is C21H24F2N8. The highest BCUT2D eigenvalue weighted by Crippen LogP contribution is 2.33. The lowest BCUT2D eigenvalue weighted by Crippen LogP contribution is -2.45. The van der Waals surface area contributed by atoms with Crippen molar-refractivity contribution >= 4 is 16.7 Å². The summed E-state index contributed by atoms with van der Waals surface area (Å²) in [7, 11) is 0. The van der Waals surface area contributed by atoms with Crippen LogP contribution in [0.4, 0.5) is 8.78 Å². The molecule has 1 fully saturated rings. The van der Waals surface area contributed by atoms with Gasteiger partial charge in [0.15, 0.2) is 11.5 Å². The Balaban J connectivity index is 1.54. The standard InChI is InChI=1S/C21H24F2N8/c1-12-28-19-16(30(12)11-18(22)23)8-13(9-26-19)15-4-7-31-17(15)10-27-20(29-31)21(25)5-2-14(24)3-6-21/h4,7-10,14,18H,2-3,5-6,11,24-25H2,1H3. The first kappa shape index (κ1) is 20.0. The lowest BCUT2D eigenvalue weighted by atomic mass is 9.80. The number of hydrogen-bond donors (Lipinski definition) is 2. The van der Waals surface area contributed by atoms with E-state index in [9.17, 15) is 8.78 Å². The van der Waals surface area contributed by atoms with E-state index < -0.39 is 18.5 Å². The molecule has 162 valence electrons. The molecule has 4 aromatic heterocycles. The van der Waals surface area contributed by atoms with Crippen molar-refractivity contribution in [2.45, 2.75) is 57.2 Å². The summed E-state index contributed by atoms with van der Waals surface area (Å²) >= 11 is 0. The molecule has 8 nitrogen and oxygen atoms in total.